The molecule has 0 saturated heterocycles. The van der Waals surface area contributed by atoms with Gasteiger partial charge in [0.2, 0.25) is 0 Å². The van der Waals surface area contributed by atoms with Gasteiger partial charge in [-0.05, 0) is 75.2 Å². The van der Waals surface area contributed by atoms with Crippen molar-refractivity contribution in [3.05, 3.63) is 87.9 Å². The van der Waals surface area contributed by atoms with E-state index in [1.54, 1.807) is 6.07 Å². The zero-order chi connectivity index (χ0) is 24.2. The van der Waals surface area contributed by atoms with Crippen LogP contribution in [0.5, 0.6) is 5.75 Å². The molecule has 0 aliphatic carbocycles. The number of benzene rings is 3. The highest BCUT2D eigenvalue weighted by Gasteiger charge is 2.22. The Morgan fingerprint density at radius 1 is 1.03 bits per heavy atom. The molecular formula is C25H27ClN2O4S. The Kier molecular flexibility index (Phi) is 7.66. The van der Waals surface area contributed by atoms with E-state index in [1.165, 1.54) is 18.2 Å². The predicted molar refractivity (Wildman–Crippen MR) is 132 cm³/mol. The number of hydrogen-bond donors (Lipinski definition) is 2. The molecule has 1 amide bonds. The van der Waals surface area contributed by atoms with Crippen molar-refractivity contribution in [1.29, 1.82) is 0 Å². The van der Waals surface area contributed by atoms with E-state index < -0.39 is 15.9 Å². The van der Waals surface area contributed by atoms with E-state index in [9.17, 15) is 13.2 Å². The van der Waals surface area contributed by atoms with Gasteiger partial charge in [0.25, 0.3) is 15.9 Å². The Balaban J connectivity index is 1.80. The molecule has 0 bridgehead atoms. The van der Waals surface area contributed by atoms with Gasteiger partial charge >= 0.3 is 0 Å². The number of anilines is 1. The molecule has 1 atom stereocenters. The van der Waals surface area contributed by atoms with Crippen molar-refractivity contribution >= 4 is 33.2 Å². The van der Waals surface area contributed by atoms with Gasteiger partial charge in [-0.2, -0.15) is 0 Å². The Morgan fingerprint density at radius 2 is 1.73 bits per heavy atom. The average Bonchev–Trinajstić information content (AvgIpc) is 2.76. The number of nitrogens with one attached hydrogen (secondary N) is 2. The summed E-state index contributed by atoms with van der Waals surface area (Å²) in [6.07, 6.45) is 0. The number of hydrogen-bond acceptors (Lipinski definition) is 4. The molecule has 0 spiro atoms. The Labute approximate surface area is 200 Å². The van der Waals surface area contributed by atoms with Crippen molar-refractivity contribution in [3.63, 3.8) is 0 Å². The van der Waals surface area contributed by atoms with Crippen LogP contribution < -0.4 is 14.8 Å². The first-order chi connectivity index (χ1) is 15.6. The summed E-state index contributed by atoms with van der Waals surface area (Å²) >= 11 is 6.20. The number of rotatable bonds is 8. The van der Waals surface area contributed by atoms with E-state index in [4.69, 9.17) is 16.3 Å². The van der Waals surface area contributed by atoms with Gasteiger partial charge in [-0.1, -0.05) is 41.4 Å². The zero-order valence-electron chi connectivity index (χ0n) is 19.0. The summed E-state index contributed by atoms with van der Waals surface area (Å²) in [5, 5.41) is 2.92. The Hall–Kier alpha value is -3.03. The van der Waals surface area contributed by atoms with Crippen LogP contribution in [0.25, 0.3) is 0 Å². The van der Waals surface area contributed by atoms with E-state index in [-0.39, 0.29) is 21.5 Å². The summed E-state index contributed by atoms with van der Waals surface area (Å²) < 4.78 is 34.1. The lowest BCUT2D eigenvalue weighted by Gasteiger charge is -2.16. The number of carbonyl (C=O) groups excluding carboxylic acids is 1. The minimum atomic E-state index is -4.00. The normalized spacial score (nSPS) is 12.2. The fourth-order valence-corrected chi connectivity index (χ4v) is 5.02. The maximum atomic E-state index is 13.0. The summed E-state index contributed by atoms with van der Waals surface area (Å²) in [5.41, 5.74) is 3.35. The van der Waals surface area contributed by atoms with Gasteiger partial charge in [0.05, 0.1) is 23.4 Å². The molecule has 0 radical (unpaired) electrons. The molecule has 174 valence electrons. The summed E-state index contributed by atoms with van der Waals surface area (Å²) in [6.45, 7) is 8.08. The van der Waals surface area contributed by atoms with Crippen LogP contribution >= 0.6 is 11.6 Å². The monoisotopic (exact) mass is 486 g/mol. The molecule has 0 aromatic heterocycles. The molecule has 6 nitrogen and oxygen atoms in total. The van der Waals surface area contributed by atoms with Crippen LogP contribution in [-0.2, 0) is 10.0 Å². The van der Waals surface area contributed by atoms with Crippen molar-refractivity contribution in [2.45, 2.75) is 38.6 Å². The number of ether oxygens (including phenoxy) is 1. The maximum absolute atomic E-state index is 13.0. The highest BCUT2D eigenvalue weighted by atomic mass is 35.5. The molecule has 3 rings (SSSR count). The molecular weight excluding hydrogens is 460 g/mol. The van der Waals surface area contributed by atoms with E-state index in [0.29, 0.717) is 12.3 Å². The smallest absolute Gasteiger partial charge is 0.263 e. The Morgan fingerprint density at radius 3 is 2.36 bits per heavy atom. The number of carbonyl (C=O) groups is 1. The third-order valence-electron chi connectivity index (χ3n) is 5.15. The third kappa shape index (κ3) is 6.06. The van der Waals surface area contributed by atoms with Gasteiger partial charge in [0, 0.05) is 5.56 Å². The highest BCUT2D eigenvalue weighted by Crippen LogP contribution is 2.27. The second kappa shape index (κ2) is 10.3. The van der Waals surface area contributed by atoms with Crippen LogP contribution in [0.2, 0.25) is 5.02 Å². The lowest BCUT2D eigenvalue weighted by atomic mass is 10.1. The first kappa shape index (κ1) is 24.6. The van der Waals surface area contributed by atoms with Gasteiger partial charge in [-0.3, -0.25) is 9.52 Å². The molecule has 2 N–H and O–H groups in total. The highest BCUT2D eigenvalue weighted by molar-refractivity contribution is 7.92. The van der Waals surface area contributed by atoms with Crippen molar-refractivity contribution < 1.29 is 17.9 Å². The quantitative estimate of drug-likeness (QED) is 0.431. The van der Waals surface area contributed by atoms with Gasteiger partial charge in [0.15, 0.2) is 0 Å². The van der Waals surface area contributed by atoms with Crippen molar-refractivity contribution in [2.75, 3.05) is 11.3 Å². The van der Waals surface area contributed by atoms with E-state index >= 15 is 0 Å². The molecule has 8 heteroatoms. The van der Waals surface area contributed by atoms with Gasteiger partial charge < -0.3 is 10.1 Å². The lowest BCUT2D eigenvalue weighted by molar-refractivity contribution is 0.0939. The fraction of sp³-hybridized carbons (Fsp3) is 0.240. The summed E-state index contributed by atoms with van der Waals surface area (Å²) in [5.74, 6) is 0.347. The van der Waals surface area contributed by atoms with Crippen LogP contribution in [0.1, 0.15) is 46.9 Å². The molecule has 33 heavy (non-hydrogen) atoms. The van der Waals surface area contributed by atoms with Gasteiger partial charge in [-0.15, -0.1) is 0 Å². The van der Waals surface area contributed by atoms with Gasteiger partial charge in [-0.25, -0.2) is 8.42 Å². The van der Waals surface area contributed by atoms with Crippen LogP contribution in [0.3, 0.4) is 0 Å². The van der Waals surface area contributed by atoms with Crippen LogP contribution in [0.4, 0.5) is 5.69 Å². The zero-order valence-corrected chi connectivity index (χ0v) is 20.5. The van der Waals surface area contributed by atoms with Crippen molar-refractivity contribution in [1.82, 2.24) is 5.32 Å². The summed E-state index contributed by atoms with van der Waals surface area (Å²) in [6, 6.07) is 16.7. The molecule has 3 aromatic carbocycles. The van der Waals surface area contributed by atoms with E-state index in [0.717, 1.165) is 22.4 Å². The van der Waals surface area contributed by atoms with Crippen molar-refractivity contribution in [2.24, 2.45) is 0 Å². The second-order valence-corrected chi connectivity index (χ2v) is 9.82. The summed E-state index contributed by atoms with van der Waals surface area (Å²) in [4.78, 5) is 12.7. The molecule has 0 heterocycles. The molecule has 0 saturated carbocycles. The minimum absolute atomic E-state index is 0.0309. The molecule has 3 aromatic rings. The van der Waals surface area contributed by atoms with Crippen LogP contribution in [0.15, 0.2) is 65.6 Å². The first-order valence-corrected chi connectivity index (χ1v) is 12.4. The lowest BCUT2D eigenvalue weighted by Crippen LogP contribution is -2.27. The first-order valence-electron chi connectivity index (χ1n) is 10.5. The van der Waals surface area contributed by atoms with Crippen LogP contribution in [0, 0.1) is 13.8 Å². The van der Waals surface area contributed by atoms with E-state index in [1.807, 2.05) is 64.1 Å². The SMILES string of the molecule is CCOc1ccc([C@H](C)NC(=O)c2ccc(Cl)c(S(=O)(=O)Nc3ccc(C)cc3C)c2)cc1. The predicted octanol–water partition coefficient (Wildman–Crippen LogP) is 5.65. The maximum Gasteiger partial charge on any atom is 0.263 e. The topological polar surface area (TPSA) is 84.5 Å². The average molecular weight is 487 g/mol. The number of amides is 1. The molecule has 0 unspecified atom stereocenters. The number of sulfonamides is 1. The van der Waals surface area contributed by atoms with Crippen LogP contribution in [-0.4, -0.2) is 20.9 Å². The third-order valence-corrected chi connectivity index (χ3v) is 6.99. The molecule has 0 aliphatic rings. The number of aryl methyl sites for hydroxylation is 2. The second-order valence-electron chi connectivity index (χ2n) is 7.77. The number of halogens is 1. The van der Waals surface area contributed by atoms with E-state index in [2.05, 4.69) is 10.0 Å². The summed E-state index contributed by atoms with van der Waals surface area (Å²) in [7, 11) is -4.00. The standard InChI is InChI=1S/C25H27ClN2O4S/c1-5-32-21-10-7-19(8-11-21)18(4)27-25(29)20-9-12-22(26)24(15-20)33(30,31)28-23-13-6-16(2)14-17(23)3/h6-15,18,28H,5H2,1-4H3,(H,27,29)/t18-/m0/s1. The minimum Gasteiger partial charge on any atom is -0.494 e. The molecule has 0 aliphatic heterocycles. The largest absolute Gasteiger partial charge is 0.494 e. The fourth-order valence-electron chi connectivity index (χ4n) is 3.36. The van der Waals surface area contributed by atoms with Gasteiger partial charge in [0.1, 0.15) is 10.6 Å². The Bertz CT molecular complexity index is 1260. The van der Waals surface area contributed by atoms with Crippen molar-refractivity contribution in [3.8, 4) is 5.75 Å². The molecule has 0 fully saturated rings.